The molecule has 0 aliphatic heterocycles. The third kappa shape index (κ3) is 6.26. The van der Waals surface area contributed by atoms with E-state index in [4.69, 9.17) is 14.6 Å². The maximum atomic E-state index is 12.4. The van der Waals surface area contributed by atoms with E-state index in [1.54, 1.807) is 27.2 Å². The van der Waals surface area contributed by atoms with Crippen molar-refractivity contribution in [2.45, 2.75) is 19.8 Å². The van der Waals surface area contributed by atoms with Gasteiger partial charge in [-0.2, -0.15) is 0 Å². The molecule has 1 amide bonds. The summed E-state index contributed by atoms with van der Waals surface area (Å²) in [5.74, 6) is 0.294. The summed E-state index contributed by atoms with van der Waals surface area (Å²) < 4.78 is 15.1. The fraction of sp³-hybridized carbons (Fsp3) is 0.556. The summed E-state index contributed by atoms with van der Waals surface area (Å²) in [4.78, 5) is 25.5. The molecule has 0 saturated carbocycles. The van der Waals surface area contributed by atoms with Gasteiger partial charge in [0.2, 0.25) is 5.91 Å². The molecule has 0 saturated heterocycles. The summed E-state index contributed by atoms with van der Waals surface area (Å²) >= 11 is 0. The van der Waals surface area contributed by atoms with Crippen molar-refractivity contribution in [2.24, 2.45) is 5.92 Å². The molecule has 1 rings (SSSR count). The monoisotopic (exact) mass is 353 g/mol. The summed E-state index contributed by atoms with van der Waals surface area (Å²) in [5.41, 5.74) is 0.941. The van der Waals surface area contributed by atoms with Crippen molar-refractivity contribution in [2.75, 3.05) is 41.0 Å². The lowest BCUT2D eigenvalue weighted by molar-refractivity contribution is -0.146. The van der Waals surface area contributed by atoms with Gasteiger partial charge in [0.05, 0.1) is 33.9 Å². The van der Waals surface area contributed by atoms with E-state index in [2.05, 4.69) is 4.74 Å². The summed E-state index contributed by atoms with van der Waals surface area (Å²) in [6, 6.07) is 5.51. The molecule has 0 fully saturated rings. The molecule has 1 aromatic rings. The summed E-state index contributed by atoms with van der Waals surface area (Å²) in [6.07, 6.45) is 0.789. The Kier molecular flexibility index (Phi) is 8.77. The molecule has 0 heterocycles. The maximum absolute atomic E-state index is 12.4. The van der Waals surface area contributed by atoms with Crippen LogP contribution in [0.15, 0.2) is 18.2 Å². The lowest BCUT2D eigenvalue weighted by Crippen LogP contribution is -2.39. The van der Waals surface area contributed by atoms with E-state index in [0.29, 0.717) is 17.9 Å². The number of carbonyl (C=O) groups is 2. The van der Waals surface area contributed by atoms with Crippen molar-refractivity contribution in [3.63, 3.8) is 0 Å². The van der Waals surface area contributed by atoms with Crippen LogP contribution in [0, 0.1) is 5.92 Å². The first-order valence-electron chi connectivity index (χ1n) is 8.14. The lowest BCUT2D eigenvalue weighted by atomic mass is 10.1. The Bertz CT molecular complexity index is 575. The predicted molar refractivity (Wildman–Crippen MR) is 92.7 cm³/mol. The van der Waals surface area contributed by atoms with Gasteiger partial charge in [0.15, 0.2) is 11.5 Å². The highest BCUT2D eigenvalue weighted by Gasteiger charge is 2.21. The number of hydrogen-bond acceptors (Lipinski definition) is 6. The molecule has 0 spiro atoms. The maximum Gasteiger partial charge on any atom is 0.310 e. The van der Waals surface area contributed by atoms with E-state index >= 15 is 0 Å². The van der Waals surface area contributed by atoms with E-state index in [-0.39, 0.29) is 38.0 Å². The van der Waals surface area contributed by atoms with E-state index in [1.807, 2.05) is 12.1 Å². The van der Waals surface area contributed by atoms with Crippen LogP contribution in [0.25, 0.3) is 0 Å². The smallest absolute Gasteiger partial charge is 0.310 e. The van der Waals surface area contributed by atoms with Gasteiger partial charge in [-0.15, -0.1) is 0 Å². The molecule has 1 atom stereocenters. The number of aliphatic hydroxyl groups is 1. The number of aliphatic hydroxyl groups excluding tert-OH is 1. The van der Waals surface area contributed by atoms with Gasteiger partial charge in [-0.05, 0) is 24.1 Å². The van der Waals surface area contributed by atoms with Crippen LogP contribution in [0.5, 0.6) is 11.5 Å². The highest BCUT2D eigenvalue weighted by atomic mass is 16.5. The number of aryl methyl sites for hydroxylation is 1. The average Bonchev–Trinajstić information content (AvgIpc) is 2.64. The number of benzene rings is 1. The SMILES string of the molecule is COC(=O)C(C)CN(CCO)C(=O)CCc1ccc(OC)c(OC)c1. The molecule has 25 heavy (non-hydrogen) atoms. The highest BCUT2D eigenvalue weighted by Crippen LogP contribution is 2.28. The second-order valence-electron chi connectivity index (χ2n) is 5.68. The number of amides is 1. The van der Waals surface area contributed by atoms with E-state index in [1.165, 1.54) is 12.0 Å². The van der Waals surface area contributed by atoms with Gasteiger partial charge in [-0.1, -0.05) is 13.0 Å². The summed E-state index contributed by atoms with van der Waals surface area (Å²) in [5, 5.41) is 9.16. The number of hydrogen-bond donors (Lipinski definition) is 1. The molecule has 1 aromatic carbocycles. The number of rotatable bonds is 10. The van der Waals surface area contributed by atoms with Crippen molar-refractivity contribution < 1.29 is 28.9 Å². The van der Waals surface area contributed by atoms with Crippen molar-refractivity contribution in [1.82, 2.24) is 4.90 Å². The molecule has 0 radical (unpaired) electrons. The van der Waals surface area contributed by atoms with Crippen LogP contribution in [-0.2, 0) is 20.7 Å². The Labute approximate surface area is 148 Å². The molecule has 0 aliphatic rings. The van der Waals surface area contributed by atoms with Gasteiger partial charge < -0.3 is 24.2 Å². The molecule has 7 nitrogen and oxygen atoms in total. The molecule has 1 unspecified atom stereocenters. The van der Waals surface area contributed by atoms with Gasteiger partial charge in [0, 0.05) is 19.5 Å². The molecule has 140 valence electrons. The number of carbonyl (C=O) groups excluding carboxylic acids is 2. The minimum Gasteiger partial charge on any atom is -0.493 e. The second-order valence-corrected chi connectivity index (χ2v) is 5.68. The van der Waals surface area contributed by atoms with Gasteiger partial charge in [-0.25, -0.2) is 0 Å². The van der Waals surface area contributed by atoms with Crippen LogP contribution in [0.4, 0.5) is 0 Å². The van der Waals surface area contributed by atoms with Crippen LogP contribution in [0.1, 0.15) is 18.9 Å². The number of methoxy groups -OCH3 is 3. The first-order valence-corrected chi connectivity index (χ1v) is 8.14. The van der Waals surface area contributed by atoms with Gasteiger partial charge in [0.1, 0.15) is 0 Å². The van der Waals surface area contributed by atoms with E-state index < -0.39 is 5.92 Å². The molecule has 0 aliphatic carbocycles. The van der Waals surface area contributed by atoms with Crippen LogP contribution in [0.3, 0.4) is 0 Å². The van der Waals surface area contributed by atoms with Crippen LogP contribution in [0.2, 0.25) is 0 Å². The van der Waals surface area contributed by atoms with E-state index in [9.17, 15) is 9.59 Å². The fourth-order valence-corrected chi connectivity index (χ4v) is 2.49. The number of nitrogens with zero attached hydrogens (tertiary/aromatic N) is 1. The van der Waals surface area contributed by atoms with Gasteiger partial charge >= 0.3 is 5.97 Å². The lowest BCUT2D eigenvalue weighted by Gasteiger charge is -2.24. The Morgan fingerprint density at radius 3 is 2.40 bits per heavy atom. The zero-order chi connectivity index (χ0) is 18.8. The highest BCUT2D eigenvalue weighted by molar-refractivity contribution is 5.78. The van der Waals surface area contributed by atoms with E-state index in [0.717, 1.165) is 5.56 Å². The summed E-state index contributed by atoms with van der Waals surface area (Å²) in [7, 11) is 4.44. The summed E-state index contributed by atoms with van der Waals surface area (Å²) in [6.45, 7) is 1.94. The third-order valence-electron chi connectivity index (χ3n) is 3.90. The minimum atomic E-state index is -0.443. The Hall–Kier alpha value is -2.28. The van der Waals surface area contributed by atoms with Crippen LogP contribution >= 0.6 is 0 Å². The first kappa shape index (κ1) is 20.8. The molecular weight excluding hydrogens is 326 g/mol. The molecular formula is C18H27NO6. The van der Waals surface area contributed by atoms with Crippen LogP contribution < -0.4 is 9.47 Å². The van der Waals surface area contributed by atoms with Gasteiger partial charge in [0.25, 0.3) is 0 Å². The third-order valence-corrected chi connectivity index (χ3v) is 3.90. The largest absolute Gasteiger partial charge is 0.493 e. The van der Waals surface area contributed by atoms with Crippen molar-refractivity contribution in [3.05, 3.63) is 23.8 Å². The number of ether oxygens (including phenoxy) is 3. The van der Waals surface area contributed by atoms with Crippen LogP contribution in [-0.4, -0.2) is 62.9 Å². The fourth-order valence-electron chi connectivity index (χ4n) is 2.49. The van der Waals surface area contributed by atoms with Gasteiger partial charge in [-0.3, -0.25) is 9.59 Å². The van der Waals surface area contributed by atoms with Crippen molar-refractivity contribution >= 4 is 11.9 Å². The average molecular weight is 353 g/mol. The molecule has 0 bridgehead atoms. The predicted octanol–water partition coefficient (Wildman–Crippen LogP) is 1.27. The molecule has 1 N–H and O–H groups in total. The molecule has 7 heteroatoms. The standard InChI is InChI=1S/C18H27NO6/c1-13(18(22)25-4)12-19(9-10-20)17(21)8-6-14-5-7-15(23-2)16(11-14)24-3/h5,7,11,13,20H,6,8-10,12H2,1-4H3. The normalized spacial score (nSPS) is 11.6. The number of esters is 1. The Morgan fingerprint density at radius 2 is 1.84 bits per heavy atom. The second kappa shape index (κ2) is 10.6. The quantitative estimate of drug-likeness (QED) is 0.638. The zero-order valence-electron chi connectivity index (χ0n) is 15.3. The molecule has 0 aromatic heterocycles. The minimum absolute atomic E-state index is 0.125. The Balaban J connectivity index is 2.69. The topological polar surface area (TPSA) is 85.3 Å². The zero-order valence-corrected chi connectivity index (χ0v) is 15.3. The van der Waals surface area contributed by atoms with Crippen molar-refractivity contribution in [3.8, 4) is 11.5 Å². The Morgan fingerprint density at radius 1 is 1.16 bits per heavy atom. The first-order chi connectivity index (χ1) is 12.0. The van der Waals surface area contributed by atoms with Crippen molar-refractivity contribution in [1.29, 1.82) is 0 Å².